The molecule has 0 aromatic heterocycles. The molecular formula is C14H18N2O3. The Morgan fingerprint density at radius 2 is 2.16 bits per heavy atom. The van der Waals surface area contributed by atoms with Crippen molar-refractivity contribution in [1.82, 2.24) is 0 Å². The first kappa shape index (κ1) is 13.4. The van der Waals surface area contributed by atoms with E-state index in [2.05, 4.69) is 5.32 Å². The Bertz CT molecular complexity index is 506. The zero-order valence-electron chi connectivity index (χ0n) is 11.4. The van der Waals surface area contributed by atoms with Gasteiger partial charge in [-0.3, -0.25) is 9.69 Å². The van der Waals surface area contributed by atoms with Crippen molar-refractivity contribution in [1.29, 1.82) is 0 Å². The summed E-state index contributed by atoms with van der Waals surface area (Å²) in [5.41, 5.74) is 2.01. The van der Waals surface area contributed by atoms with E-state index >= 15 is 0 Å². The summed E-state index contributed by atoms with van der Waals surface area (Å²) in [6, 6.07) is 5.50. The van der Waals surface area contributed by atoms with Gasteiger partial charge in [0.05, 0.1) is 5.69 Å². The van der Waals surface area contributed by atoms with Crippen molar-refractivity contribution < 1.29 is 14.3 Å². The van der Waals surface area contributed by atoms with Crippen LogP contribution in [-0.4, -0.2) is 24.6 Å². The molecule has 0 atom stereocenters. The summed E-state index contributed by atoms with van der Waals surface area (Å²) in [6.07, 6.45) is 1.01. The van der Waals surface area contributed by atoms with Crippen molar-refractivity contribution in [2.75, 3.05) is 16.8 Å². The van der Waals surface area contributed by atoms with Crippen LogP contribution in [0.5, 0.6) is 0 Å². The molecule has 0 unspecified atom stereocenters. The van der Waals surface area contributed by atoms with E-state index in [1.807, 2.05) is 39.0 Å². The van der Waals surface area contributed by atoms with Crippen LogP contribution >= 0.6 is 0 Å². The molecule has 0 saturated heterocycles. The van der Waals surface area contributed by atoms with Gasteiger partial charge in [-0.05, 0) is 39.3 Å². The summed E-state index contributed by atoms with van der Waals surface area (Å²) < 4.78 is 5.38. The minimum absolute atomic E-state index is 0.352. The molecule has 0 bridgehead atoms. The Hall–Kier alpha value is -2.04. The SMILES string of the molecule is CC(C)(C)OC(=O)N1CCc2c(NC=O)cccc21. The van der Waals surface area contributed by atoms with Crippen molar-refractivity contribution >= 4 is 23.9 Å². The van der Waals surface area contributed by atoms with Crippen LogP contribution in [0.3, 0.4) is 0 Å². The number of nitrogens with zero attached hydrogens (tertiary/aromatic N) is 1. The molecule has 2 rings (SSSR count). The number of nitrogens with one attached hydrogen (secondary N) is 1. The quantitative estimate of drug-likeness (QED) is 0.833. The fourth-order valence-corrected chi connectivity index (χ4v) is 2.14. The molecule has 0 saturated carbocycles. The van der Waals surface area contributed by atoms with Gasteiger partial charge in [0, 0.05) is 17.8 Å². The molecule has 5 nitrogen and oxygen atoms in total. The zero-order chi connectivity index (χ0) is 14.0. The zero-order valence-corrected chi connectivity index (χ0v) is 11.4. The monoisotopic (exact) mass is 262 g/mol. The maximum Gasteiger partial charge on any atom is 0.414 e. The van der Waals surface area contributed by atoms with E-state index in [1.165, 1.54) is 0 Å². The maximum atomic E-state index is 12.1. The molecule has 0 aliphatic carbocycles. The smallest absolute Gasteiger partial charge is 0.414 e. The second kappa shape index (κ2) is 4.91. The lowest BCUT2D eigenvalue weighted by atomic mass is 10.1. The van der Waals surface area contributed by atoms with Crippen LogP contribution in [0, 0.1) is 0 Å². The highest BCUT2D eigenvalue weighted by atomic mass is 16.6. The first-order chi connectivity index (χ1) is 8.92. The summed E-state index contributed by atoms with van der Waals surface area (Å²) >= 11 is 0. The van der Waals surface area contributed by atoms with Gasteiger partial charge in [-0.1, -0.05) is 6.07 Å². The molecule has 1 aliphatic heterocycles. The number of hydrogen-bond donors (Lipinski definition) is 1. The minimum atomic E-state index is -0.515. The maximum absolute atomic E-state index is 12.1. The molecule has 1 aliphatic rings. The Balaban J connectivity index is 2.25. The van der Waals surface area contributed by atoms with Gasteiger partial charge in [-0.15, -0.1) is 0 Å². The number of ether oxygens (including phenoxy) is 1. The standard InChI is InChI=1S/C14H18N2O3/c1-14(2,3)19-13(18)16-8-7-10-11(15-9-17)5-4-6-12(10)16/h4-6,9H,7-8H2,1-3H3,(H,15,17). The van der Waals surface area contributed by atoms with Crippen LogP contribution in [0.25, 0.3) is 0 Å². The second-order valence-electron chi connectivity index (χ2n) is 5.45. The van der Waals surface area contributed by atoms with Gasteiger partial charge in [0.1, 0.15) is 5.60 Å². The fourth-order valence-electron chi connectivity index (χ4n) is 2.14. The molecule has 1 aromatic carbocycles. The summed E-state index contributed by atoms with van der Waals surface area (Å²) in [5, 5.41) is 2.66. The number of anilines is 2. The van der Waals surface area contributed by atoms with E-state index in [0.29, 0.717) is 19.4 Å². The highest BCUT2D eigenvalue weighted by Crippen LogP contribution is 2.34. The third-order valence-corrected chi connectivity index (χ3v) is 2.86. The molecule has 19 heavy (non-hydrogen) atoms. The molecule has 5 heteroatoms. The lowest BCUT2D eigenvalue weighted by molar-refractivity contribution is -0.105. The lowest BCUT2D eigenvalue weighted by Gasteiger charge is -2.24. The fraction of sp³-hybridized carbons (Fsp3) is 0.429. The molecule has 0 radical (unpaired) electrons. The largest absolute Gasteiger partial charge is 0.443 e. The van der Waals surface area contributed by atoms with Crippen LogP contribution in [0.1, 0.15) is 26.3 Å². The van der Waals surface area contributed by atoms with Gasteiger partial charge in [0.15, 0.2) is 0 Å². The average molecular weight is 262 g/mol. The molecule has 1 N–H and O–H groups in total. The Labute approximate surface area is 112 Å². The minimum Gasteiger partial charge on any atom is -0.443 e. The number of rotatable bonds is 2. The number of fused-ring (bicyclic) bond motifs is 1. The molecule has 102 valence electrons. The Morgan fingerprint density at radius 1 is 1.42 bits per heavy atom. The van der Waals surface area contributed by atoms with Gasteiger partial charge < -0.3 is 10.1 Å². The van der Waals surface area contributed by atoms with Gasteiger partial charge in [-0.2, -0.15) is 0 Å². The Kier molecular flexibility index (Phi) is 3.46. The van der Waals surface area contributed by atoms with Crippen molar-refractivity contribution in [2.24, 2.45) is 0 Å². The average Bonchev–Trinajstić information content (AvgIpc) is 2.72. The highest BCUT2D eigenvalue weighted by Gasteiger charge is 2.29. The molecule has 2 amide bonds. The molecule has 1 heterocycles. The topological polar surface area (TPSA) is 58.6 Å². The number of carbonyl (C=O) groups is 2. The number of carbonyl (C=O) groups excluding carboxylic acids is 2. The van der Waals surface area contributed by atoms with Crippen molar-refractivity contribution in [3.05, 3.63) is 23.8 Å². The highest BCUT2D eigenvalue weighted by molar-refractivity contribution is 5.93. The van der Waals surface area contributed by atoms with E-state index in [4.69, 9.17) is 4.74 Å². The van der Waals surface area contributed by atoms with Crippen LogP contribution in [0.4, 0.5) is 16.2 Å². The molecule has 1 aromatic rings. The van der Waals surface area contributed by atoms with Gasteiger partial charge in [-0.25, -0.2) is 4.79 Å². The van der Waals surface area contributed by atoms with Gasteiger partial charge >= 0.3 is 6.09 Å². The molecule has 0 fully saturated rings. The van der Waals surface area contributed by atoms with Crippen molar-refractivity contribution in [3.63, 3.8) is 0 Å². The van der Waals surface area contributed by atoms with E-state index in [1.54, 1.807) is 4.90 Å². The normalized spacial score (nSPS) is 13.9. The van der Waals surface area contributed by atoms with E-state index in [-0.39, 0.29) is 6.09 Å². The number of benzene rings is 1. The second-order valence-corrected chi connectivity index (χ2v) is 5.45. The third kappa shape index (κ3) is 2.86. The van der Waals surface area contributed by atoms with Crippen LogP contribution in [0.2, 0.25) is 0 Å². The first-order valence-electron chi connectivity index (χ1n) is 6.25. The first-order valence-corrected chi connectivity index (χ1v) is 6.25. The summed E-state index contributed by atoms with van der Waals surface area (Å²) in [4.78, 5) is 24.3. The predicted molar refractivity (Wildman–Crippen MR) is 73.4 cm³/mol. The van der Waals surface area contributed by atoms with Gasteiger partial charge in [0.25, 0.3) is 0 Å². The molecule has 0 spiro atoms. The summed E-state index contributed by atoms with van der Waals surface area (Å²) in [5.74, 6) is 0. The summed E-state index contributed by atoms with van der Waals surface area (Å²) in [7, 11) is 0. The number of hydrogen-bond acceptors (Lipinski definition) is 3. The van der Waals surface area contributed by atoms with Gasteiger partial charge in [0.2, 0.25) is 6.41 Å². The van der Waals surface area contributed by atoms with Crippen LogP contribution in [-0.2, 0) is 16.0 Å². The van der Waals surface area contributed by atoms with E-state index in [9.17, 15) is 9.59 Å². The number of amides is 2. The van der Waals surface area contributed by atoms with E-state index in [0.717, 1.165) is 16.9 Å². The predicted octanol–water partition coefficient (Wildman–Crippen LogP) is 2.55. The third-order valence-electron chi connectivity index (χ3n) is 2.86. The van der Waals surface area contributed by atoms with Crippen LogP contribution < -0.4 is 10.2 Å². The summed E-state index contributed by atoms with van der Waals surface area (Å²) in [6.45, 7) is 6.09. The lowest BCUT2D eigenvalue weighted by Crippen LogP contribution is -2.35. The molecular weight excluding hydrogens is 244 g/mol. The van der Waals surface area contributed by atoms with Crippen molar-refractivity contribution in [2.45, 2.75) is 32.8 Å². The Morgan fingerprint density at radius 3 is 2.79 bits per heavy atom. The van der Waals surface area contributed by atoms with Crippen LogP contribution in [0.15, 0.2) is 18.2 Å². The van der Waals surface area contributed by atoms with Crippen molar-refractivity contribution in [3.8, 4) is 0 Å². The van der Waals surface area contributed by atoms with E-state index < -0.39 is 5.60 Å².